The molecule has 0 aromatic carbocycles. The van der Waals surface area contributed by atoms with E-state index in [1.165, 1.54) is 11.7 Å². The molecule has 2 N–H and O–H groups in total. The Balaban J connectivity index is 2.43. The van der Waals surface area contributed by atoms with Gasteiger partial charge in [-0.05, 0) is 6.92 Å². The molecule has 1 aromatic rings. The van der Waals surface area contributed by atoms with Crippen LogP contribution in [0.4, 0.5) is 0 Å². The third-order valence-electron chi connectivity index (χ3n) is 2.17. The Morgan fingerprint density at radius 2 is 2.41 bits per heavy atom. The summed E-state index contributed by atoms with van der Waals surface area (Å²) in [5.41, 5.74) is 0.757. The number of ether oxygens (including phenoxy) is 1. The lowest BCUT2D eigenvalue weighted by Gasteiger charge is -2.11. The summed E-state index contributed by atoms with van der Waals surface area (Å²) in [7, 11) is 1.47. The van der Waals surface area contributed by atoms with Gasteiger partial charge in [-0.25, -0.2) is 0 Å². The van der Waals surface area contributed by atoms with Gasteiger partial charge < -0.3 is 15.2 Å². The quantitative estimate of drug-likeness (QED) is 0.711. The highest BCUT2D eigenvalue weighted by atomic mass is 32.1. The van der Waals surface area contributed by atoms with Gasteiger partial charge in [0, 0.05) is 24.7 Å². The second-order valence-electron chi connectivity index (χ2n) is 3.64. The lowest BCUT2D eigenvalue weighted by molar-refractivity contribution is -0.122. The first-order valence-electron chi connectivity index (χ1n) is 5.13. The van der Waals surface area contributed by atoms with Gasteiger partial charge >= 0.3 is 4.87 Å². The average Bonchev–Trinajstić information content (AvgIpc) is 2.58. The minimum Gasteiger partial charge on any atom is -0.389 e. The summed E-state index contributed by atoms with van der Waals surface area (Å²) in [6, 6.07) is 0. The summed E-state index contributed by atoms with van der Waals surface area (Å²) in [4.78, 5) is 22.7. The largest absolute Gasteiger partial charge is 0.389 e. The first-order valence-corrected chi connectivity index (χ1v) is 6.01. The van der Waals surface area contributed by atoms with Crippen molar-refractivity contribution >= 4 is 17.2 Å². The molecule has 0 spiro atoms. The molecule has 1 atom stereocenters. The molecule has 0 aliphatic rings. The van der Waals surface area contributed by atoms with Crippen LogP contribution < -0.4 is 10.2 Å². The van der Waals surface area contributed by atoms with Gasteiger partial charge in [0.05, 0.1) is 12.7 Å². The van der Waals surface area contributed by atoms with Crippen LogP contribution in [0.25, 0.3) is 0 Å². The zero-order valence-corrected chi connectivity index (χ0v) is 10.6. The van der Waals surface area contributed by atoms with Crippen LogP contribution >= 0.6 is 11.3 Å². The number of aromatic nitrogens is 1. The molecule has 0 saturated carbocycles. The van der Waals surface area contributed by atoms with E-state index < -0.39 is 6.10 Å². The average molecular weight is 260 g/mol. The number of aliphatic hydroxyl groups is 1. The molecular formula is C10H16N2O4S. The minimum absolute atomic E-state index is 0.0200. The van der Waals surface area contributed by atoms with E-state index in [0.717, 1.165) is 17.0 Å². The van der Waals surface area contributed by atoms with Crippen molar-refractivity contribution in [2.75, 3.05) is 20.3 Å². The number of carbonyl (C=O) groups is 1. The van der Waals surface area contributed by atoms with Crippen molar-refractivity contribution in [1.82, 2.24) is 9.88 Å². The normalized spacial score (nSPS) is 12.4. The van der Waals surface area contributed by atoms with E-state index in [-0.39, 0.29) is 30.5 Å². The number of methoxy groups -OCH3 is 1. The van der Waals surface area contributed by atoms with Gasteiger partial charge in [0.2, 0.25) is 5.91 Å². The van der Waals surface area contributed by atoms with Gasteiger partial charge in [-0.1, -0.05) is 11.3 Å². The predicted octanol–water partition coefficient (Wildman–Crippen LogP) is -0.658. The van der Waals surface area contributed by atoms with Gasteiger partial charge in [-0.15, -0.1) is 0 Å². The molecule has 0 saturated heterocycles. The lowest BCUT2D eigenvalue weighted by Crippen LogP contribution is -2.37. The molecule has 1 aromatic heterocycles. The molecule has 1 unspecified atom stereocenters. The fourth-order valence-corrected chi connectivity index (χ4v) is 2.01. The number of aliphatic hydroxyl groups excluding tert-OH is 1. The third-order valence-corrected chi connectivity index (χ3v) is 3.05. The number of amides is 1. The van der Waals surface area contributed by atoms with Crippen molar-refractivity contribution in [3.05, 3.63) is 20.7 Å². The summed E-state index contributed by atoms with van der Waals surface area (Å²) in [6.45, 7) is 2.03. The van der Waals surface area contributed by atoms with Crippen LogP contribution in [-0.2, 0) is 16.1 Å². The number of aryl methyl sites for hydroxylation is 1. The minimum atomic E-state index is -0.732. The number of nitrogens with zero attached hydrogens (tertiary/aromatic N) is 1. The third kappa shape index (κ3) is 4.29. The highest BCUT2D eigenvalue weighted by Crippen LogP contribution is 1.98. The van der Waals surface area contributed by atoms with E-state index in [1.54, 1.807) is 12.3 Å². The predicted molar refractivity (Wildman–Crippen MR) is 64.2 cm³/mol. The SMILES string of the molecule is COCC(O)CNC(=O)Cn1c(C)csc1=O. The molecule has 0 radical (unpaired) electrons. The van der Waals surface area contributed by atoms with E-state index in [0.29, 0.717) is 0 Å². The van der Waals surface area contributed by atoms with Crippen molar-refractivity contribution in [3.8, 4) is 0 Å². The summed E-state index contributed by atoms with van der Waals surface area (Å²) in [5, 5.41) is 13.6. The Kier molecular flexibility index (Phi) is 5.33. The molecule has 1 amide bonds. The number of hydrogen-bond donors (Lipinski definition) is 2. The van der Waals surface area contributed by atoms with Crippen molar-refractivity contribution in [2.45, 2.75) is 19.6 Å². The lowest BCUT2D eigenvalue weighted by atomic mass is 10.3. The maximum Gasteiger partial charge on any atom is 0.307 e. The van der Waals surface area contributed by atoms with Gasteiger partial charge in [0.1, 0.15) is 6.54 Å². The van der Waals surface area contributed by atoms with E-state index >= 15 is 0 Å². The summed E-state index contributed by atoms with van der Waals surface area (Å²) in [5.74, 6) is -0.302. The summed E-state index contributed by atoms with van der Waals surface area (Å²) < 4.78 is 6.12. The fraction of sp³-hybridized carbons (Fsp3) is 0.600. The van der Waals surface area contributed by atoms with Crippen LogP contribution in [0.3, 0.4) is 0 Å². The van der Waals surface area contributed by atoms with Gasteiger partial charge in [-0.3, -0.25) is 14.2 Å². The Hall–Kier alpha value is -1.18. The zero-order chi connectivity index (χ0) is 12.8. The molecule has 6 nitrogen and oxygen atoms in total. The highest BCUT2D eigenvalue weighted by Gasteiger charge is 2.10. The van der Waals surface area contributed by atoms with Crippen LogP contribution in [0.2, 0.25) is 0 Å². The van der Waals surface area contributed by atoms with Gasteiger partial charge in [0.25, 0.3) is 0 Å². The second kappa shape index (κ2) is 6.53. The zero-order valence-electron chi connectivity index (χ0n) is 9.80. The monoisotopic (exact) mass is 260 g/mol. The van der Waals surface area contributed by atoms with Crippen LogP contribution in [0.15, 0.2) is 10.2 Å². The standard InChI is InChI=1S/C10H16N2O4S/c1-7-6-17-10(15)12(7)4-9(14)11-3-8(13)5-16-2/h6,8,13H,3-5H2,1-2H3,(H,11,14). The number of thiazole rings is 1. The molecule has 0 fully saturated rings. The van der Waals surface area contributed by atoms with Crippen molar-refractivity contribution in [1.29, 1.82) is 0 Å². The molecular weight excluding hydrogens is 244 g/mol. The molecule has 1 rings (SSSR count). The Morgan fingerprint density at radius 1 is 1.71 bits per heavy atom. The maximum absolute atomic E-state index is 11.5. The first kappa shape index (κ1) is 13.9. The number of nitrogens with one attached hydrogen (secondary N) is 1. The smallest absolute Gasteiger partial charge is 0.307 e. The molecule has 17 heavy (non-hydrogen) atoms. The highest BCUT2D eigenvalue weighted by molar-refractivity contribution is 7.07. The van der Waals surface area contributed by atoms with Crippen LogP contribution in [0.5, 0.6) is 0 Å². The molecule has 0 aliphatic heterocycles. The maximum atomic E-state index is 11.5. The number of carbonyl (C=O) groups excluding carboxylic acids is 1. The summed E-state index contributed by atoms with van der Waals surface area (Å²) >= 11 is 1.06. The molecule has 0 bridgehead atoms. The Labute approximate surface area is 103 Å². The van der Waals surface area contributed by atoms with Crippen LogP contribution in [-0.4, -0.2) is 41.9 Å². The van der Waals surface area contributed by atoms with Crippen molar-refractivity contribution in [3.63, 3.8) is 0 Å². The number of hydrogen-bond acceptors (Lipinski definition) is 5. The van der Waals surface area contributed by atoms with Crippen LogP contribution in [0, 0.1) is 6.92 Å². The second-order valence-corrected chi connectivity index (χ2v) is 4.46. The summed E-state index contributed by atoms with van der Waals surface area (Å²) in [6.07, 6.45) is -0.732. The van der Waals surface area contributed by atoms with E-state index in [1.807, 2.05) is 0 Å². The topological polar surface area (TPSA) is 80.6 Å². The molecule has 0 aliphatic carbocycles. The van der Waals surface area contributed by atoms with E-state index in [2.05, 4.69) is 5.32 Å². The Morgan fingerprint density at radius 3 is 2.94 bits per heavy atom. The van der Waals surface area contributed by atoms with E-state index in [4.69, 9.17) is 4.74 Å². The Bertz CT molecular complexity index is 426. The fourth-order valence-electron chi connectivity index (χ4n) is 1.28. The number of rotatable bonds is 6. The first-order chi connectivity index (χ1) is 8.04. The molecule has 1 heterocycles. The van der Waals surface area contributed by atoms with Crippen molar-refractivity contribution < 1.29 is 14.6 Å². The van der Waals surface area contributed by atoms with Gasteiger partial charge in [-0.2, -0.15) is 0 Å². The van der Waals surface area contributed by atoms with Crippen molar-refractivity contribution in [2.24, 2.45) is 0 Å². The van der Waals surface area contributed by atoms with E-state index in [9.17, 15) is 14.7 Å². The molecule has 96 valence electrons. The van der Waals surface area contributed by atoms with Crippen LogP contribution in [0.1, 0.15) is 5.69 Å². The van der Waals surface area contributed by atoms with Gasteiger partial charge in [0.15, 0.2) is 0 Å². The molecule has 7 heteroatoms.